The number of fused-ring (bicyclic) bond motifs is 1. The van der Waals surface area contributed by atoms with Crippen LogP contribution in [0.15, 0.2) is 52.4 Å². The van der Waals surface area contributed by atoms with Crippen LogP contribution in [-0.2, 0) is 28.6 Å². The summed E-state index contributed by atoms with van der Waals surface area (Å²) in [5.74, 6) is -2.09. The Morgan fingerprint density at radius 3 is 2.66 bits per heavy atom. The number of anilines is 1. The first-order valence-corrected chi connectivity index (χ1v) is 14.1. The zero-order valence-electron chi connectivity index (χ0n) is 22.0. The molecule has 0 aromatic carbocycles. The number of carbonyl (C=O) groups excluding carboxylic acids is 4. The van der Waals surface area contributed by atoms with Gasteiger partial charge in [-0.25, -0.2) is 14.6 Å². The Balaban J connectivity index is 1.55. The number of ether oxygens (including phenoxy) is 3. The average Bonchev–Trinajstić information content (AvgIpc) is 3.35. The lowest BCUT2D eigenvalue weighted by atomic mass is 10.0. The number of hydrogen-bond donors (Lipinski definition) is 3. The fourth-order valence-corrected chi connectivity index (χ4v) is 5.70. The van der Waals surface area contributed by atoms with Crippen molar-refractivity contribution >= 4 is 64.0 Å². The summed E-state index contributed by atoms with van der Waals surface area (Å²) in [4.78, 5) is 60.5. The highest BCUT2D eigenvalue weighted by molar-refractivity contribution is 8.00. The molecule has 4 heterocycles. The largest absolute Gasteiger partial charge is 0.511 e. The molecule has 3 atom stereocenters. The topological polar surface area (TPSA) is 196 Å². The van der Waals surface area contributed by atoms with E-state index in [0.29, 0.717) is 5.57 Å². The van der Waals surface area contributed by atoms with Crippen LogP contribution in [0.5, 0.6) is 0 Å². The number of pyridine rings is 1. The lowest BCUT2D eigenvalue weighted by Crippen LogP contribution is -2.71. The number of hydrogen-bond acceptors (Lipinski definition) is 14. The number of rotatable bonds is 9. The van der Waals surface area contributed by atoms with E-state index in [4.69, 9.17) is 19.9 Å². The van der Waals surface area contributed by atoms with Gasteiger partial charge in [0.2, 0.25) is 6.29 Å². The summed E-state index contributed by atoms with van der Waals surface area (Å²) in [7, 11) is 0. The molecule has 1 fully saturated rings. The fourth-order valence-electron chi connectivity index (χ4n) is 3.84. The van der Waals surface area contributed by atoms with Gasteiger partial charge in [0.25, 0.3) is 11.8 Å². The predicted molar refractivity (Wildman–Crippen MR) is 148 cm³/mol. The molecule has 2 aliphatic rings. The molecule has 14 nitrogen and oxygen atoms in total. The van der Waals surface area contributed by atoms with Crippen molar-refractivity contribution in [2.75, 3.05) is 11.5 Å². The van der Waals surface area contributed by atoms with Crippen molar-refractivity contribution in [1.82, 2.24) is 20.2 Å². The number of carbonyl (C=O) groups is 4. The second kappa shape index (κ2) is 12.8. The van der Waals surface area contributed by atoms with Crippen LogP contribution in [0.1, 0.15) is 32.0 Å². The van der Waals surface area contributed by atoms with E-state index in [-0.39, 0.29) is 22.3 Å². The first-order valence-electron chi connectivity index (χ1n) is 12.2. The van der Waals surface area contributed by atoms with E-state index in [2.05, 4.69) is 20.4 Å². The number of allylic oxidation sites excluding steroid dienone is 1. The standard InChI is InChI=1S/C25H26N6O8S2/c1-12(2)37-25(35)39-13(3)38-23(34)19-15(7-6-14-5-4-8-27-9-14)10-40-22-18(21(33)31(19)22)29-20(32)17(30-36)16-11-41-24(26)28-16/h4-9,11-13,18,22,36H,10H2,1-3H3,(H2,26,28)(H,29,32)/b7-6-,30-17-/t13?,18-,22-/m1/s1. The van der Waals surface area contributed by atoms with Crippen molar-refractivity contribution in [2.45, 2.75) is 44.6 Å². The van der Waals surface area contributed by atoms with Crippen LogP contribution in [0, 0.1) is 0 Å². The number of nitrogens with two attached hydrogens (primary N) is 1. The molecular formula is C25H26N6O8S2. The number of β-lactam (4-membered cyclic amide) rings is 1. The maximum atomic E-state index is 13.3. The number of aromatic nitrogens is 2. The fraction of sp³-hybridized carbons (Fsp3) is 0.320. The highest BCUT2D eigenvalue weighted by Crippen LogP contribution is 2.41. The first-order chi connectivity index (χ1) is 19.6. The van der Waals surface area contributed by atoms with Gasteiger partial charge < -0.3 is 30.5 Å². The molecular weight excluding hydrogens is 576 g/mol. The Morgan fingerprint density at radius 2 is 2.02 bits per heavy atom. The molecule has 0 aliphatic carbocycles. The number of nitrogens with zero attached hydrogens (tertiary/aromatic N) is 4. The van der Waals surface area contributed by atoms with Gasteiger partial charge in [-0.15, -0.1) is 23.1 Å². The summed E-state index contributed by atoms with van der Waals surface area (Å²) < 4.78 is 15.2. The molecule has 2 aliphatic heterocycles. The van der Waals surface area contributed by atoms with Crippen molar-refractivity contribution in [1.29, 1.82) is 0 Å². The smallest absolute Gasteiger partial charge is 0.431 e. The molecule has 41 heavy (non-hydrogen) atoms. The van der Waals surface area contributed by atoms with E-state index >= 15 is 0 Å². The average molecular weight is 603 g/mol. The summed E-state index contributed by atoms with van der Waals surface area (Å²) in [6, 6.07) is 2.52. The lowest BCUT2D eigenvalue weighted by molar-refractivity contribution is -0.169. The zero-order valence-corrected chi connectivity index (χ0v) is 23.7. The van der Waals surface area contributed by atoms with Crippen molar-refractivity contribution in [3.63, 3.8) is 0 Å². The minimum atomic E-state index is -1.32. The van der Waals surface area contributed by atoms with E-state index in [1.54, 1.807) is 44.5 Å². The molecule has 2 amide bonds. The summed E-state index contributed by atoms with van der Waals surface area (Å²) in [5, 5.41) is 15.9. The van der Waals surface area contributed by atoms with Gasteiger partial charge in [0.15, 0.2) is 10.8 Å². The van der Waals surface area contributed by atoms with Crippen molar-refractivity contribution in [3.05, 3.63) is 58.5 Å². The second-order valence-electron chi connectivity index (χ2n) is 8.88. The molecule has 4 N–H and O–H groups in total. The Hall–Kier alpha value is -4.44. The van der Waals surface area contributed by atoms with Crippen LogP contribution in [0.25, 0.3) is 6.08 Å². The third-order valence-corrected chi connectivity index (χ3v) is 7.56. The molecule has 0 bridgehead atoms. The minimum Gasteiger partial charge on any atom is -0.431 e. The number of nitrogens with one attached hydrogen (secondary N) is 1. The molecule has 2 aromatic heterocycles. The maximum Gasteiger partial charge on any atom is 0.511 e. The van der Waals surface area contributed by atoms with Crippen molar-refractivity contribution in [2.24, 2.45) is 5.16 Å². The summed E-state index contributed by atoms with van der Waals surface area (Å²) in [5.41, 5.74) is 6.38. The van der Waals surface area contributed by atoms with Gasteiger partial charge in [-0.05, 0) is 31.1 Å². The van der Waals surface area contributed by atoms with Gasteiger partial charge in [0.05, 0.1) is 6.10 Å². The zero-order chi connectivity index (χ0) is 29.7. The van der Waals surface area contributed by atoms with Crippen molar-refractivity contribution < 1.29 is 38.6 Å². The Labute approximate surface area is 242 Å². The van der Waals surface area contributed by atoms with Crippen LogP contribution < -0.4 is 11.1 Å². The van der Waals surface area contributed by atoms with E-state index in [9.17, 15) is 24.4 Å². The number of amides is 2. The highest BCUT2D eigenvalue weighted by Gasteiger charge is 2.54. The Bertz CT molecular complexity index is 1420. The SMILES string of the molecule is CC(C)OC(=O)OC(C)OC(=O)C1=C(/C=C\c2cccnc2)CS[C@@H]2[C@H](NC(=O)/C(=N\O)c3csc(N)n3)C(=O)N12. The molecule has 0 radical (unpaired) electrons. The van der Waals surface area contributed by atoms with Gasteiger partial charge in [-0.3, -0.25) is 19.5 Å². The van der Waals surface area contributed by atoms with Gasteiger partial charge in [-0.1, -0.05) is 23.4 Å². The summed E-state index contributed by atoms with van der Waals surface area (Å²) >= 11 is 2.35. The van der Waals surface area contributed by atoms with Crippen LogP contribution in [0.2, 0.25) is 0 Å². The molecule has 1 unspecified atom stereocenters. The first kappa shape index (κ1) is 29.5. The van der Waals surface area contributed by atoms with Gasteiger partial charge in [0.1, 0.15) is 22.8 Å². The molecule has 216 valence electrons. The Kier molecular flexibility index (Phi) is 9.24. The normalized spacial score (nSPS) is 19.5. The maximum absolute atomic E-state index is 13.3. The molecule has 16 heteroatoms. The molecule has 1 saturated heterocycles. The van der Waals surface area contributed by atoms with Gasteiger partial charge in [0, 0.05) is 30.5 Å². The van der Waals surface area contributed by atoms with Crippen molar-refractivity contribution in [3.8, 4) is 0 Å². The van der Waals surface area contributed by atoms with Crippen LogP contribution >= 0.6 is 23.1 Å². The summed E-state index contributed by atoms with van der Waals surface area (Å²) in [6.45, 7) is 4.61. The lowest BCUT2D eigenvalue weighted by Gasteiger charge is -2.49. The monoisotopic (exact) mass is 602 g/mol. The number of thiazole rings is 1. The molecule has 2 aromatic rings. The second-order valence-corrected chi connectivity index (χ2v) is 10.9. The third kappa shape index (κ3) is 6.83. The van der Waals surface area contributed by atoms with Crippen LogP contribution in [0.3, 0.4) is 0 Å². The highest BCUT2D eigenvalue weighted by atomic mass is 32.2. The number of nitrogen functional groups attached to an aromatic ring is 1. The van der Waals surface area contributed by atoms with Gasteiger partial charge in [-0.2, -0.15) is 0 Å². The quantitative estimate of drug-likeness (QED) is 0.0946. The molecule has 4 rings (SSSR count). The molecule has 0 spiro atoms. The van der Waals surface area contributed by atoms with E-state index in [1.807, 2.05) is 6.07 Å². The number of oxime groups is 1. The third-order valence-electron chi connectivity index (χ3n) is 5.59. The number of esters is 1. The van der Waals surface area contributed by atoms with Crippen LogP contribution in [-0.4, -0.2) is 79.3 Å². The van der Waals surface area contributed by atoms with E-state index in [1.165, 1.54) is 29.0 Å². The van der Waals surface area contributed by atoms with Crippen LogP contribution in [0.4, 0.5) is 9.93 Å². The minimum absolute atomic E-state index is 0.0457. The van der Waals surface area contributed by atoms with E-state index in [0.717, 1.165) is 16.9 Å². The predicted octanol–water partition coefficient (Wildman–Crippen LogP) is 2.12. The Morgan fingerprint density at radius 1 is 1.24 bits per heavy atom. The molecule has 0 saturated carbocycles. The van der Waals surface area contributed by atoms with E-state index < -0.39 is 53.5 Å². The number of thioether (sulfide) groups is 1. The van der Waals surface area contributed by atoms with Gasteiger partial charge >= 0.3 is 12.1 Å². The summed E-state index contributed by atoms with van der Waals surface area (Å²) in [6.07, 6.45) is 3.86.